The molecule has 84 valence electrons. The maximum atomic E-state index is 9.31. The molecule has 0 radical (unpaired) electrons. The highest BCUT2D eigenvalue weighted by Gasteiger charge is 2.13. The minimum atomic E-state index is 0.412. The van der Waals surface area contributed by atoms with E-state index in [0.29, 0.717) is 12.4 Å². The summed E-state index contributed by atoms with van der Waals surface area (Å²) >= 11 is 0. The number of rotatable bonds is 3. The number of ether oxygens (including phenoxy) is 1. The molecule has 0 aliphatic rings. The van der Waals surface area contributed by atoms with E-state index in [4.69, 9.17) is 4.74 Å². The Kier molecular flexibility index (Phi) is 2.82. The minimum Gasteiger partial charge on any atom is -0.377 e. The minimum absolute atomic E-state index is 0.412. The van der Waals surface area contributed by atoms with Gasteiger partial charge in [-0.3, -0.25) is 5.21 Å². The van der Waals surface area contributed by atoms with Crippen molar-refractivity contribution in [2.24, 2.45) is 7.05 Å². The van der Waals surface area contributed by atoms with Gasteiger partial charge in [-0.15, -0.1) is 10.2 Å². The molecular formula is C10H13N4O2+. The predicted molar refractivity (Wildman–Crippen MR) is 54.5 cm³/mol. The van der Waals surface area contributed by atoms with Gasteiger partial charge in [-0.1, -0.05) is 0 Å². The van der Waals surface area contributed by atoms with E-state index in [1.165, 1.54) is 6.20 Å². The molecule has 0 saturated carbocycles. The quantitative estimate of drug-likeness (QED) is 0.592. The number of hydrogen-bond donors (Lipinski definition) is 1. The van der Waals surface area contributed by atoms with E-state index in [2.05, 4.69) is 10.2 Å². The van der Waals surface area contributed by atoms with Crippen LogP contribution in [0.25, 0.3) is 11.4 Å². The van der Waals surface area contributed by atoms with E-state index in [1.54, 1.807) is 19.4 Å². The zero-order chi connectivity index (χ0) is 11.5. The fourth-order valence-corrected chi connectivity index (χ4v) is 1.46. The maximum absolute atomic E-state index is 9.31. The van der Waals surface area contributed by atoms with Gasteiger partial charge in [0.05, 0.1) is 5.56 Å². The van der Waals surface area contributed by atoms with E-state index in [1.807, 2.05) is 17.7 Å². The first-order valence-corrected chi connectivity index (χ1v) is 4.80. The van der Waals surface area contributed by atoms with Gasteiger partial charge in [-0.25, -0.2) is 0 Å². The summed E-state index contributed by atoms with van der Waals surface area (Å²) in [7, 11) is 3.47. The molecule has 6 nitrogen and oxygen atoms in total. The molecule has 2 rings (SSSR count). The molecule has 0 unspecified atom stereocenters. The first kappa shape index (κ1) is 10.6. The number of nitrogens with zero attached hydrogens (tertiary/aromatic N) is 4. The molecule has 0 aliphatic carbocycles. The van der Waals surface area contributed by atoms with Crippen molar-refractivity contribution in [2.45, 2.75) is 6.61 Å². The second-order valence-corrected chi connectivity index (χ2v) is 3.40. The number of methoxy groups -OCH3 is 1. The molecule has 0 atom stereocenters. The van der Waals surface area contributed by atoms with Gasteiger partial charge in [0.2, 0.25) is 12.4 Å². The Labute approximate surface area is 92.7 Å². The Morgan fingerprint density at radius 1 is 1.50 bits per heavy atom. The highest BCUT2D eigenvalue weighted by Crippen LogP contribution is 2.14. The van der Waals surface area contributed by atoms with E-state index < -0.39 is 0 Å². The first-order valence-electron chi connectivity index (χ1n) is 4.80. The summed E-state index contributed by atoms with van der Waals surface area (Å²) in [5, 5.41) is 17.4. The summed E-state index contributed by atoms with van der Waals surface area (Å²) in [5.41, 5.74) is 0.794. The second kappa shape index (κ2) is 4.28. The van der Waals surface area contributed by atoms with Gasteiger partial charge in [0.15, 0.2) is 11.6 Å². The molecular weight excluding hydrogens is 208 g/mol. The summed E-state index contributed by atoms with van der Waals surface area (Å²) in [6.07, 6.45) is 3.11. The van der Waals surface area contributed by atoms with Crippen molar-refractivity contribution in [3.05, 3.63) is 30.4 Å². The molecule has 1 N–H and O–H groups in total. The van der Waals surface area contributed by atoms with Gasteiger partial charge in [-0.2, -0.15) is 0 Å². The lowest BCUT2D eigenvalue weighted by Gasteiger charge is -2.01. The normalized spacial score (nSPS) is 10.6. The lowest BCUT2D eigenvalue weighted by molar-refractivity contribution is -0.904. The van der Waals surface area contributed by atoms with Gasteiger partial charge in [0.25, 0.3) is 0 Å². The molecule has 16 heavy (non-hydrogen) atoms. The summed E-state index contributed by atoms with van der Waals surface area (Å²) in [6, 6.07) is 3.59. The van der Waals surface area contributed by atoms with Crippen LogP contribution in [0.15, 0.2) is 24.5 Å². The van der Waals surface area contributed by atoms with Crippen LogP contribution in [0.1, 0.15) is 5.82 Å². The lowest BCUT2D eigenvalue weighted by Crippen LogP contribution is -2.28. The molecule has 0 amide bonds. The van der Waals surface area contributed by atoms with Gasteiger partial charge in [-0.05, 0) is 6.07 Å². The zero-order valence-corrected chi connectivity index (χ0v) is 9.16. The Balaban J connectivity index is 2.41. The van der Waals surface area contributed by atoms with Crippen LogP contribution in [0.4, 0.5) is 0 Å². The maximum Gasteiger partial charge on any atom is 0.233 e. The van der Waals surface area contributed by atoms with Crippen molar-refractivity contribution in [3.8, 4) is 11.4 Å². The van der Waals surface area contributed by atoms with E-state index >= 15 is 0 Å². The topological polar surface area (TPSA) is 64.1 Å². The van der Waals surface area contributed by atoms with Gasteiger partial charge in [0.1, 0.15) is 6.61 Å². The number of aromatic nitrogens is 4. The first-order chi connectivity index (χ1) is 7.72. The van der Waals surface area contributed by atoms with Crippen LogP contribution in [0, 0.1) is 0 Å². The fourth-order valence-electron chi connectivity index (χ4n) is 1.46. The van der Waals surface area contributed by atoms with Crippen LogP contribution >= 0.6 is 0 Å². The predicted octanol–water partition coefficient (Wildman–Crippen LogP) is 0.153. The van der Waals surface area contributed by atoms with Crippen LogP contribution in [0.2, 0.25) is 0 Å². The summed E-state index contributed by atoms with van der Waals surface area (Å²) in [6.45, 7) is 0.412. The molecule has 0 bridgehead atoms. The lowest BCUT2D eigenvalue weighted by atomic mass is 10.3. The van der Waals surface area contributed by atoms with Crippen LogP contribution in [-0.4, -0.2) is 27.1 Å². The van der Waals surface area contributed by atoms with Crippen LogP contribution in [0.3, 0.4) is 0 Å². The van der Waals surface area contributed by atoms with E-state index in [-0.39, 0.29) is 0 Å². The molecule has 0 aliphatic heterocycles. The van der Waals surface area contributed by atoms with Crippen molar-refractivity contribution in [1.82, 2.24) is 14.8 Å². The van der Waals surface area contributed by atoms with Crippen molar-refractivity contribution < 1.29 is 14.7 Å². The number of hydrogen-bond acceptors (Lipinski definition) is 4. The van der Waals surface area contributed by atoms with E-state index in [0.717, 1.165) is 16.1 Å². The third kappa shape index (κ3) is 1.87. The highest BCUT2D eigenvalue weighted by molar-refractivity contribution is 5.52. The Hall–Kier alpha value is -1.95. The smallest absolute Gasteiger partial charge is 0.233 e. The van der Waals surface area contributed by atoms with Crippen LogP contribution < -0.4 is 4.73 Å². The van der Waals surface area contributed by atoms with Crippen molar-refractivity contribution in [3.63, 3.8) is 0 Å². The molecule has 2 aromatic rings. The molecule has 2 heterocycles. The van der Waals surface area contributed by atoms with Crippen molar-refractivity contribution in [2.75, 3.05) is 7.11 Å². The van der Waals surface area contributed by atoms with Crippen molar-refractivity contribution >= 4 is 0 Å². The van der Waals surface area contributed by atoms with E-state index in [9.17, 15) is 5.21 Å². The third-order valence-electron chi connectivity index (χ3n) is 2.28. The van der Waals surface area contributed by atoms with Gasteiger partial charge in [0, 0.05) is 25.0 Å². The Bertz CT molecular complexity index is 495. The Morgan fingerprint density at radius 3 is 3.00 bits per heavy atom. The number of pyridine rings is 1. The molecule has 0 aromatic carbocycles. The zero-order valence-electron chi connectivity index (χ0n) is 9.16. The highest BCUT2D eigenvalue weighted by atomic mass is 16.5. The Morgan fingerprint density at radius 2 is 2.31 bits per heavy atom. The average molecular weight is 221 g/mol. The van der Waals surface area contributed by atoms with Crippen LogP contribution in [-0.2, 0) is 18.4 Å². The summed E-state index contributed by atoms with van der Waals surface area (Å²) in [4.78, 5) is 0. The summed E-state index contributed by atoms with van der Waals surface area (Å²) in [5.74, 6) is 1.43. The SMILES string of the molecule is COCc1nnc(-c2ccc[n+](O)c2)n1C. The third-order valence-corrected chi connectivity index (χ3v) is 2.28. The molecule has 6 heteroatoms. The molecule has 0 saturated heterocycles. The second-order valence-electron chi connectivity index (χ2n) is 3.40. The van der Waals surface area contributed by atoms with Gasteiger partial charge >= 0.3 is 0 Å². The average Bonchev–Trinajstić information content (AvgIpc) is 2.61. The molecule has 2 aromatic heterocycles. The monoisotopic (exact) mass is 221 g/mol. The standard InChI is InChI=1S/C10H13N4O2/c1-13-9(7-16-2)11-12-10(13)8-4-3-5-14(15)6-8/h3-6,15H,7H2,1-2H3/q+1. The fraction of sp³-hybridized carbons (Fsp3) is 0.300. The van der Waals surface area contributed by atoms with Gasteiger partial charge < -0.3 is 9.30 Å². The molecule has 0 spiro atoms. The summed E-state index contributed by atoms with van der Waals surface area (Å²) < 4.78 is 7.82. The van der Waals surface area contributed by atoms with Crippen LogP contribution in [0.5, 0.6) is 0 Å². The largest absolute Gasteiger partial charge is 0.377 e. The van der Waals surface area contributed by atoms with Crippen molar-refractivity contribution in [1.29, 1.82) is 0 Å². The molecule has 0 fully saturated rings.